The van der Waals surface area contributed by atoms with Gasteiger partial charge in [-0.2, -0.15) is 0 Å². The number of nitrogens with zero attached hydrogens (tertiary/aromatic N) is 1. The Balaban J connectivity index is 1.69. The summed E-state index contributed by atoms with van der Waals surface area (Å²) in [7, 11) is 0. The number of carboxylic acids is 3. The number of carbonyl (C=O) groups excluding carboxylic acids is 1. The van der Waals surface area contributed by atoms with Crippen molar-refractivity contribution in [1.82, 2.24) is 4.90 Å². The number of carboxylic acid groups (broad SMARTS) is 3. The van der Waals surface area contributed by atoms with Crippen LogP contribution in [0.25, 0.3) is 0 Å². The van der Waals surface area contributed by atoms with E-state index in [2.05, 4.69) is 0 Å². The molecule has 1 amide bonds. The maximum Gasteiger partial charge on any atom is 0.336 e. The van der Waals surface area contributed by atoms with Gasteiger partial charge in [0, 0.05) is 13.1 Å². The fourth-order valence-electron chi connectivity index (χ4n) is 4.18. The minimum atomic E-state index is -1.62. The van der Waals surface area contributed by atoms with Gasteiger partial charge < -0.3 is 25.0 Å². The second-order valence-corrected chi connectivity index (χ2v) is 9.07. The summed E-state index contributed by atoms with van der Waals surface area (Å²) in [6.07, 6.45) is 0. The molecule has 3 N–H and O–H groups in total. The molecule has 0 saturated heterocycles. The first-order chi connectivity index (χ1) is 19.1. The van der Waals surface area contributed by atoms with E-state index in [1.807, 2.05) is 37.3 Å². The van der Waals surface area contributed by atoms with Crippen LogP contribution >= 0.6 is 0 Å². The summed E-state index contributed by atoms with van der Waals surface area (Å²) >= 11 is 0. The molecule has 0 aromatic heterocycles. The average molecular weight is 540 g/mol. The SMILES string of the molecule is Cc1cccc(Oc2ccc(CN(Cc3ccccc3)C(=O)c3cc(C(=O)O)c(C(=O)O)cc3C(=O)O)cc2)c1. The molecule has 0 aliphatic heterocycles. The molecule has 4 aromatic carbocycles. The number of aryl methyl sites for hydroxylation is 1. The Morgan fingerprint density at radius 2 is 1.12 bits per heavy atom. The zero-order valence-electron chi connectivity index (χ0n) is 21.4. The molecule has 9 heteroatoms. The number of amides is 1. The van der Waals surface area contributed by atoms with E-state index >= 15 is 0 Å². The van der Waals surface area contributed by atoms with Crippen LogP contribution in [0.5, 0.6) is 11.5 Å². The number of rotatable bonds is 10. The van der Waals surface area contributed by atoms with Crippen molar-refractivity contribution in [3.05, 3.63) is 130 Å². The van der Waals surface area contributed by atoms with Crippen LogP contribution in [0.1, 0.15) is 58.1 Å². The summed E-state index contributed by atoms with van der Waals surface area (Å²) in [6, 6.07) is 25.1. The molecular formula is C31H25NO8. The molecule has 9 nitrogen and oxygen atoms in total. The molecule has 0 radical (unpaired) electrons. The second-order valence-electron chi connectivity index (χ2n) is 9.07. The van der Waals surface area contributed by atoms with Crippen LogP contribution in [0.4, 0.5) is 0 Å². The van der Waals surface area contributed by atoms with Crippen molar-refractivity contribution < 1.29 is 39.2 Å². The summed E-state index contributed by atoms with van der Waals surface area (Å²) < 4.78 is 5.89. The zero-order chi connectivity index (χ0) is 28.8. The van der Waals surface area contributed by atoms with Crippen LogP contribution in [0.15, 0.2) is 91.0 Å². The molecule has 0 fully saturated rings. The molecule has 40 heavy (non-hydrogen) atoms. The summed E-state index contributed by atoms with van der Waals surface area (Å²) in [5.41, 5.74) is 0.0782. The number of aromatic carboxylic acids is 3. The minimum absolute atomic E-state index is 0.0561. The molecule has 0 saturated carbocycles. The Labute approximate surface area is 229 Å². The number of carbonyl (C=O) groups is 4. The fraction of sp³-hybridized carbons (Fsp3) is 0.0968. The molecule has 4 aromatic rings. The van der Waals surface area contributed by atoms with Crippen molar-refractivity contribution in [3.63, 3.8) is 0 Å². The van der Waals surface area contributed by atoms with Gasteiger partial charge in [0.2, 0.25) is 0 Å². The molecule has 0 aliphatic rings. The lowest BCUT2D eigenvalue weighted by atomic mass is 9.96. The van der Waals surface area contributed by atoms with Gasteiger partial charge in [-0.05, 0) is 60.0 Å². The summed E-state index contributed by atoms with van der Waals surface area (Å²) in [5.74, 6) is -4.27. The van der Waals surface area contributed by atoms with Crippen molar-refractivity contribution in [3.8, 4) is 11.5 Å². The van der Waals surface area contributed by atoms with Gasteiger partial charge in [-0.1, -0.05) is 54.6 Å². The van der Waals surface area contributed by atoms with E-state index in [1.54, 1.807) is 48.5 Å². The highest BCUT2D eigenvalue weighted by molar-refractivity contribution is 6.10. The third kappa shape index (κ3) is 6.51. The molecule has 0 atom stereocenters. The molecule has 202 valence electrons. The maximum absolute atomic E-state index is 13.8. The monoisotopic (exact) mass is 539 g/mol. The molecule has 0 aliphatic carbocycles. The van der Waals surface area contributed by atoms with E-state index in [-0.39, 0.29) is 13.1 Å². The first-order valence-corrected chi connectivity index (χ1v) is 12.2. The predicted octanol–water partition coefficient (Wildman–Crippen LogP) is 5.72. The number of benzene rings is 4. The normalized spacial score (nSPS) is 10.5. The second kappa shape index (κ2) is 12.0. The zero-order valence-corrected chi connectivity index (χ0v) is 21.4. The van der Waals surface area contributed by atoms with Gasteiger partial charge in [0.15, 0.2) is 0 Å². The number of hydrogen-bond acceptors (Lipinski definition) is 5. The number of ether oxygens (including phenoxy) is 1. The third-order valence-corrected chi connectivity index (χ3v) is 6.10. The summed E-state index contributed by atoms with van der Waals surface area (Å²) in [5, 5.41) is 28.7. The van der Waals surface area contributed by atoms with E-state index in [9.17, 15) is 34.5 Å². The van der Waals surface area contributed by atoms with E-state index in [0.29, 0.717) is 23.1 Å². The standard InChI is InChI=1S/C31H25NO8/c1-19-6-5-9-23(14-19)40-22-12-10-21(11-13-22)18-32(17-20-7-3-2-4-8-20)28(33)24-15-26(30(36)37)27(31(38)39)16-25(24)29(34)35/h2-16H,17-18H2,1H3,(H,34,35)(H,36,37)(H,38,39). The summed E-state index contributed by atoms with van der Waals surface area (Å²) in [6.45, 7) is 2.10. The quantitative estimate of drug-likeness (QED) is 0.232. The van der Waals surface area contributed by atoms with Crippen molar-refractivity contribution in [1.29, 1.82) is 0 Å². The fourth-order valence-corrected chi connectivity index (χ4v) is 4.18. The third-order valence-electron chi connectivity index (χ3n) is 6.10. The topological polar surface area (TPSA) is 141 Å². The van der Waals surface area contributed by atoms with E-state index in [0.717, 1.165) is 17.2 Å². The van der Waals surface area contributed by atoms with Crippen LogP contribution < -0.4 is 4.74 Å². The van der Waals surface area contributed by atoms with Crippen molar-refractivity contribution in [2.75, 3.05) is 0 Å². The van der Waals surface area contributed by atoms with Crippen LogP contribution in [0.3, 0.4) is 0 Å². The Hall–Kier alpha value is -5.44. The highest BCUT2D eigenvalue weighted by Gasteiger charge is 2.28. The van der Waals surface area contributed by atoms with Crippen molar-refractivity contribution in [2.45, 2.75) is 20.0 Å². The Kier molecular flexibility index (Phi) is 8.24. The highest BCUT2D eigenvalue weighted by atomic mass is 16.5. The maximum atomic E-state index is 13.8. The molecule has 0 heterocycles. The van der Waals surface area contributed by atoms with Gasteiger partial charge in [-0.15, -0.1) is 0 Å². The lowest BCUT2D eigenvalue weighted by Gasteiger charge is -2.24. The van der Waals surface area contributed by atoms with Gasteiger partial charge in [-0.3, -0.25) is 4.79 Å². The molecular weight excluding hydrogens is 514 g/mol. The Bertz CT molecular complexity index is 1580. The molecule has 0 bridgehead atoms. The lowest BCUT2D eigenvalue weighted by molar-refractivity contribution is 0.0643. The first kappa shape index (κ1) is 27.6. The van der Waals surface area contributed by atoms with Crippen molar-refractivity contribution >= 4 is 23.8 Å². The first-order valence-electron chi connectivity index (χ1n) is 12.2. The van der Waals surface area contributed by atoms with E-state index in [4.69, 9.17) is 4.74 Å². The minimum Gasteiger partial charge on any atom is -0.478 e. The average Bonchev–Trinajstić information content (AvgIpc) is 2.93. The Morgan fingerprint density at radius 1 is 0.600 bits per heavy atom. The van der Waals surface area contributed by atoms with E-state index < -0.39 is 46.1 Å². The van der Waals surface area contributed by atoms with Gasteiger partial charge in [0.25, 0.3) is 5.91 Å². The van der Waals surface area contributed by atoms with Gasteiger partial charge in [0.05, 0.1) is 22.3 Å². The molecule has 0 unspecified atom stereocenters. The predicted molar refractivity (Wildman–Crippen MR) is 145 cm³/mol. The van der Waals surface area contributed by atoms with E-state index in [1.165, 1.54) is 4.90 Å². The lowest BCUT2D eigenvalue weighted by Crippen LogP contribution is -2.32. The largest absolute Gasteiger partial charge is 0.478 e. The summed E-state index contributed by atoms with van der Waals surface area (Å²) in [4.78, 5) is 50.5. The molecule has 0 spiro atoms. The van der Waals surface area contributed by atoms with Crippen LogP contribution in [0, 0.1) is 6.92 Å². The smallest absolute Gasteiger partial charge is 0.336 e. The van der Waals surface area contributed by atoms with Crippen molar-refractivity contribution in [2.24, 2.45) is 0 Å². The number of hydrogen-bond donors (Lipinski definition) is 3. The molecule has 4 rings (SSSR count). The van der Waals surface area contributed by atoms with Gasteiger partial charge in [0.1, 0.15) is 11.5 Å². The van der Waals surface area contributed by atoms with Crippen LogP contribution in [0.2, 0.25) is 0 Å². The highest BCUT2D eigenvalue weighted by Crippen LogP contribution is 2.25. The van der Waals surface area contributed by atoms with Crippen LogP contribution in [-0.2, 0) is 13.1 Å². The Morgan fingerprint density at radius 3 is 1.68 bits per heavy atom. The van der Waals surface area contributed by atoms with Crippen LogP contribution in [-0.4, -0.2) is 44.0 Å². The van der Waals surface area contributed by atoms with Gasteiger partial charge in [-0.25, -0.2) is 14.4 Å². The van der Waals surface area contributed by atoms with Gasteiger partial charge >= 0.3 is 17.9 Å².